The molecule has 0 aromatic carbocycles. The molecule has 5 N–H and O–H groups in total. The highest BCUT2D eigenvalue weighted by Gasteiger charge is 2.22. The predicted molar refractivity (Wildman–Crippen MR) is 34.3 cm³/mol. The molecule has 0 saturated heterocycles. The van der Waals surface area contributed by atoms with Crippen LogP contribution in [0.4, 0.5) is 4.39 Å². The number of primary amides is 1. The molecule has 0 heterocycles. The molecular weight excluding hydrogens is 155 g/mol. The molecule has 0 aromatic heterocycles. The van der Waals surface area contributed by atoms with Crippen LogP contribution in [0.1, 0.15) is 6.42 Å². The highest BCUT2D eigenvalue weighted by molar-refractivity contribution is 5.81. The van der Waals surface area contributed by atoms with E-state index in [1.54, 1.807) is 0 Å². The van der Waals surface area contributed by atoms with Crippen LogP contribution < -0.4 is 11.5 Å². The zero-order valence-electron chi connectivity index (χ0n) is 5.66. The summed E-state index contributed by atoms with van der Waals surface area (Å²) in [6.45, 7) is 0. The highest BCUT2D eigenvalue weighted by atomic mass is 19.1. The number of amides is 1. The summed E-state index contributed by atoms with van der Waals surface area (Å²) in [6.07, 6.45) is -2.71. The van der Waals surface area contributed by atoms with E-state index >= 15 is 0 Å². The molecule has 0 fully saturated rings. The fraction of sp³-hybridized carbons (Fsp3) is 0.600. The fourth-order valence-electron chi connectivity index (χ4n) is 0.440. The first-order valence-corrected chi connectivity index (χ1v) is 2.87. The second kappa shape index (κ2) is 3.87. The van der Waals surface area contributed by atoms with Crippen LogP contribution in [0.3, 0.4) is 0 Å². The van der Waals surface area contributed by atoms with Gasteiger partial charge < -0.3 is 16.6 Å². The molecule has 0 bridgehead atoms. The number of carbonyl (C=O) groups excluding carboxylic acids is 1. The Bertz CT molecular complexity index is 155. The van der Waals surface area contributed by atoms with Crippen molar-refractivity contribution in [3.05, 3.63) is 0 Å². The van der Waals surface area contributed by atoms with E-state index in [0.29, 0.717) is 0 Å². The van der Waals surface area contributed by atoms with Crippen LogP contribution in [0.25, 0.3) is 0 Å². The van der Waals surface area contributed by atoms with E-state index in [9.17, 15) is 14.0 Å². The number of carbonyl (C=O) groups is 2. The lowest BCUT2D eigenvalue weighted by Crippen LogP contribution is -2.39. The van der Waals surface area contributed by atoms with Gasteiger partial charge >= 0.3 is 5.97 Å². The van der Waals surface area contributed by atoms with E-state index in [1.807, 2.05) is 0 Å². The summed E-state index contributed by atoms with van der Waals surface area (Å²) < 4.78 is 12.2. The zero-order chi connectivity index (χ0) is 9.02. The predicted octanol–water partition coefficient (Wildman–Crippen LogP) is -1.39. The van der Waals surface area contributed by atoms with Gasteiger partial charge in [-0.3, -0.25) is 4.79 Å². The summed E-state index contributed by atoms with van der Waals surface area (Å²) in [6, 6.07) is -1.24. The largest absolute Gasteiger partial charge is 0.479 e. The number of halogens is 1. The van der Waals surface area contributed by atoms with Crippen LogP contribution in [0.15, 0.2) is 0 Å². The average molecular weight is 164 g/mol. The summed E-state index contributed by atoms with van der Waals surface area (Å²) in [4.78, 5) is 20.1. The molecule has 0 saturated carbocycles. The van der Waals surface area contributed by atoms with E-state index in [1.165, 1.54) is 0 Å². The minimum absolute atomic E-state index is 0.579. The summed E-state index contributed by atoms with van der Waals surface area (Å²) in [5.74, 6) is -2.55. The van der Waals surface area contributed by atoms with E-state index in [0.717, 1.165) is 0 Å². The zero-order valence-corrected chi connectivity index (χ0v) is 5.66. The topological polar surface area (TPSA) is 106 Å². The summed E-state index contributed by atoms with van der Waals surface area (Å²) in [7, 11) is 0. The number of carboxylic acid groups (broad SMARTS) is 1. The van der Waals surface area contributed by atoms with Gasteiger partial charge in [-0.05, 0) is 0 Å². The molecule has 0 rings (SSSR count). The molecule has 0 spiro atoms. The third kappa shape index (κ3) is 3.51. The number of nitrogens with two attached hydrogens (primary N) is 2. The minimum Gasteiger partial charge on any atom is -0.479 e. The third-order valence-electron chi connectivity index (χ3n) is 1.09. The number of hydrogen-bond acceptors (Lipinski definition) is 3. The van der Waals surface area contributed by atoms with Gasteiger partial charge in [0.25, 0.3) is 0 Å². The van der Waals surface area contributed by atoms with Crippen molar-refractivity contribution in [3.8, 4) is 0 Å². The lowest BCUT2D eigenvalue weighted by atomic mass is 10.1. The molecule has 2 atom stereocenters. The van der Waals surface area contributed by atoms with Gasteiger partial charge in [-0.25, -0.2) is 9.18 Å². The normalized spacial score (nSPS) is 15.5. The SMILES string of the molecule is NC(=O)[C@H](N)C[C@@H](F)C(=O)O. The summed E-state index contributed by atoms with van der Waals surface area (Å²) >= 11 is 0. The Labute approximate surface area is 62.2 Å². The highest BCUT2D eigenvalue weighted by Crippen LogP contribution is 2.00. The lowest BCUT2D eigenvalue weighted by molar-refractivity contribution is -0.143. The first kappa shape index (κ1) is 9.83. The van der Waals surface area contributed by atoms with Crippen molar-refractivity contribution >= 4 is 11.9 Å². The van der Waals surface area contributed by atoms with Crippen molar-refractivity contribution < 1.29 is 19.1 Å². The van der Waals surface area contributed by atoms with Gasteiger partial charge in [0.1, 0.15) is 0 Å². The molecule has 0 aromatic rings. The van der Waals surface area contributed by atoms with Crippen LogP contribution in [-0.4, -0.2) is 29.2 Å². The Kier molecular flexibility index (Phi) is 3.46. The molecule has 6 heteroatoms. The Morgan fingerprint density at radius 2 is 2.00 bits per heavy atom. The van der Waals surface area contributed by atoms with Crippen molar-refractivity contribution in [1.29, 1.82) is 0 Å². The second-order valence-corrected chi connectivity index (χ2v) is 2.05. The van der Waals surface area contributed by atoms with E-state index < -0.39 is 30.5 Å². The molecule has 0 aliphatic carbocycles. The molecule has 0 radical (unpaired) electrons. The maximum atomic E-state index is 12.2. The first-order chi connectivity index (χ1) is 4.95. The quantitative estimate of drug-likeness (QED) is 0.475. The van der Waals surface area contributed by atoms with Gasteiger partial charge in [0.15, 0.2) is 6.17 Å². The number of carboxylic acids is 1. The molecule has 1 amide bonds. The van der Waals surface area contributed by atoms with Crippen molar-refractivity contribution in [2.24, 2.45) is 11.5 Å². The van der Waals surface area contributed by atoms with E-state index in [4.69, 9.17) is 10.8 Å². The third-order valence-corrected chi connectivity index (χ3v) is 1.09. The van der Waals surface area contributed by atoms with Crippen molar-refractivity contribution in [2.75, 3.05) is 0 Å². The van der Waals surface area contributed by atoms with E-state index in [-0.39, 0.29) is 0 Å². The Morgan fingerprint density at radius 1 is 1.55 bits per heavy atom. The van der Waals surface area contributed by atoms with Crippen molar-refractivity contribution in [3.63, 3.8) is 0 Å². The van der Waals surface area contributed by atoms with Crippen LogP contribution >= 0.6 is 0 Å². The molecule has 0 aliphatic rings. The smallest absolute Gasteiger partial charge is 0.338 e. The number of rotatable bonds is 4. The second-order valence-electron chi connectivity index (χ2n) is 2.05. The Hall–Kier alpha value is -1.17. The summed E-state index contributed by atoms with van der Waals surface area (Å²) in [5.41, 5.74) is 9.64. The standard InChI is InChI=1S/C5H9FN2O3/c6-2(5(10)11)1-3(7)4(8)9/h2-3H,1,7H2,(H2,8,9)(H,10,11)/t2-,3-/m1/s1. The number of aliphatic carboxylic acids is 1. The van der Waals surface area contributed by atoms with Crippen LogP contribution in [-0.2, 0) is 9.59 Å². The fourth-order valence-corrected chi connectivity index (χ4v) is 0.440. The van der Waals surface area contributed by atoms with Gasteiger partial charge in [0, 0.05) is 6.42 Å². The van der Waals surface area contributed by atoms with Crippen LogP contribution in [0.2, 0.25) is 0 Å². The lowest BCUT2D eigenvalue weighted by Gasteiger charge is -2.07. The molecule has 11 heavy (non-hydrogen) atoms. The maximum Gasteiger partial charge on any atom is 0.338 e. The van der Waals surface area contributed by atoms with Gasteiger partial charge in [-0.15, -0.1) is 0 Å². The van der Waals surface area contributed by atoms with Gasteiger partial charge in [0.05, 0.1) is 6.04 Å². The molecule has 0 unspecified atom stereocenters. The van der Waals surface area contributed by atoms with Crippen molar-refractivity contribution in [1.82, 2.24) is 0 Å². The van der Waals surface area contributed by atoms with Crippen LogP contribution in [0.5, 0.6) is 0 Å². The number of hydrogen-bond donors (Lipinski definition) is 3. The van der Waals surface area contributed by atoms with Crippen molar-refractivity contribution in [2.45, 2.75) is 18.6 Å². The van der Waals surface area contributed by atoms with Crippen LogP contribution in [0, 0.1) is 0 Å². The number of alkyl halides is 1. The van der Waals surface area contributed by atoms with Gasteiger partial charge in [-0.2, -0.15) is 0 Å². The molecule has 64 valence electrons. The first-order valence-electron chi connectivity index (χ1n) is 2.87. The maximum absolute atomic E-state index is 12.2. The average Bonchev–Trinajstić information content (AvgIpc) is 1.87. The summed E-state index contributed by atoms with van der Waals surface area (Å²) in [5, 5.41) is 8.03. The molecule has 0 aliphatic heterocycles. The Balaban J connectivity index is 3.84. The monoisotopic (exact) mass is 164 g/mol. The van der Waals surface area contributed by atoms with Gasteiger partial charge in [-0.1, -0.05) is 0 Å². The van der Waals surface area contributed by atoms with Gasteiger partial charge in [0.2, 0.25) is 5.91 Å². The van der Waals surface area contributed by atoms with E-state index in [2.05, 4.69) is 5.73 Å². The Morgan fingerprint density at radius 3 is 2.27 bits per heavy atom. The minimum atomic E-state index is -2.13. The molecular formula is C5H9FN2O3. The molecule has 5 nitrogen and oxygen atoms in total.